The van der Waals surface area contributed by atoms with E-state index in [0.29, 0.717) is 56.8 Å². The van der Waals surface area contributed by atoms with Gasteiger partial charge in [0.05, 0.1) is 11.5 Å². The molecule has 0 saturated carbocycles. The SMILES string of the molecule is C=CCOCC1CCN(C(=O)c2ccc(S(=O)(=O)N3CCCC(C)C3)cc2)CC1. The van der Waals surface area contributed by atoms with Crippen LogP contribution >= 0.6 is 0 Å². The second-order valence-electron chi connectivity index (χ2n) is 8.20. The van der Waals surface area contributed by atoms with Crippen molar-refractivity contribution < 1.29 is 17.9 Å². The Kier molecular flexibility index (Phi) is 7.49. The number of piperidine rings is 2. The van der Waals surface area contributed by atoms with E-state index < -0.39 is 10.0 Å². The van der Waals surface area contributed by atoms with E-state index in [1.165, 1.54) is 0 Å². The Morgan fingerprint density at radius 2 is 1.86 bits per heavy atom. The van der Waals surface area contributed by atoms with E-state index in [9.17, 15) is 13.2 Å². The molecule has 1 aromatic rings. The lowest BCUT2D eigenvalue weighted by molar-refractivity contribution is 0.0575. The first-order valence-electron chi connectivity index (χ1n) is 10.5. The lowest BCUT2D eigenvalue weighted by Gasteiger charge is -2.32. The molecule has 0 aliphatic carbocycles. The van der Waals surface area contributed by atoms with Crippen molar-refractivity contribution in [2.75, 3.05) is 39.4 Å². The van der Waals surface area contributed by atoms with Gasteiger partial charge < -0.3 is 9.64 Å². The van der Waals surface area contributed by atoms with Crippen LogP contribution in [-0.4, -0.2) is 62.9 Å². The van der Waals surface area contributed by atoms with Gasteiger partial charge in [-0.3, -0.25) is 4.79 Å². The van der Waals surface area contributed by atoms with Gasteiger partial charge in [0.15, 0.2) is 0 Å². The zero-order chi connectivity index (χ0) is 20.9. The summed E-state index contributed by atoms with van der Waals surface area (Å²) in [4.78, 5) is 14.9. The second-order valence-corrected chi connectivity index (χ2v) is 10.1. The Morgan fingerprint density at radius 1 is 1.17 bits per heavy atom. The quantitative estimate of drug-likeness (QED) is 0.502. The number of hydrogen-bond acceptors (Lipinski definition) is 4. The van der Waals surface area contributed by atoms with Crippen molar-refractivity contribution in [3.63, 3.8) is 0 Å². The molecule has 2 aliphatic rings. The van der Waals surface area contributed by atoms with Gasteiger partial charge in [-0.1, -0.05) is 13.0 Å². The summed E-state index contributed by atoms with van der Waals surface area (Å²) >= 11 is 0. The van der Waals surface area contributed by atoms with Crippen molar-refractivity contribution in [2.45, 2.75) is 37.5 Å². The summed E-state index contributed by atoms with van der Waals surface area (Å²) in [5.41, 5.74) is 0.539. The van der Waals surface area contributed by atoms with Crippen LogP contribution in [0.25, 0.3) is 0 Å². The number of carbonyl (C=O) groups excluding carboxylic acids is 1. The molecule has 0 spiro atoms. The molecule has 1 amide bonds. The van der Waals surface area contributed by atoms with E-state index in [4.69, 9.17) is 4.74 Å². The van der Waals surface area contributed by atoms with Gasteiger partial charge in [-0.05, 0) is 61.8 Å². The highest BCUT2D eigenvalue weighted by Gasteiger charge is 2.29. The minimum atomic E-state index is -3.49. The molecule has 2 heterocycles. The van der Waals surface area contributed by atoms with Gasteiger partial charge in [0, 0.05) is 38.3 Å². The van der Waals surface area contributed by atoms with Crippen molar-refractivity contribution in [3.8, 4) is 0 Å². The van der Waals surface area contributed by atoms with Crippen LogP contribution in [0.1, 0.15) is 43.0 Å². The van der Waals surface area contributed by atoms with Gasteiger partial charge in [-0.2, -0.15) is 4.31 Å². The molecule has 160 valence electrons. The number of benzene rings is 1. The predicted octanol–water partition coefficient (Wildman–Crippen LogP) is 3.16. The molecule has 2 aliphatic heterocycles. The van der Waals surface area contributed by atoms with Gasteiger partial charge in [0.2, 0.25) is 10.0 Å². The third kappa shape index (κ3) is 5.47. The largest absolute Gasteiger partial charge is 0.377 e. The highest BCUT2D eigenvalue weighted by Crippen LogP contribution is 2.24. The molecule has 3 rings (SSSR count). The predicted molar refractivity (Wildman–Crippen MR) is 113 cm³/mol. The normalized spacial score (nSPS) is 21.8. The lowest BCUT2D eigenvalue weighted by Crippen LogP contribution is -2.39. The molecule has 0 N–H and O–H groups in total. The fraction of sp³-hybridized carbons (Fsp3) is 0.591. The molecule has 1 atom stereocenters. The third-order valence-electron chi connectivity index (χ3n) is 5.85. The molecular weight excluding hydrogens is 388 g/mol. The average molecular weight is 421 g/mol. The molecule has 6 nitrogen and oxygen atoms in total. The second kappa shape index (κ2) is 9.87. The number of hydrogen-bond donors (Lipinski definition) is 0. The summed E-state index contributed by atoms with van der Waals surface area (Å²) in [7, 11) is -3.49. The molecule has 2 fully saturated rings. The number of carbonyl (C=O) groups is 1. The molecular formula is C22H32N2O4S. The number of rotatable bonds is 7. The summed E-state index contributed by atoms with van der Waals surface area (Å²) < 4.78 is 32.8. The van der Waals surface area contributed by atoms with Crippen molar-refractivity contribution in [1.82, 2.24) is 9.21 Å². The first-order chi connectivity index (χ1) is 13.9. The molecule has 29 heavy (non-hydrogen) atoms. The van der Waals surface area contributed by atoms with Gasteiger partial charge in [-0.25, -0.2) is 8.42 Å². The third-order valence-corrected chi connectivity index (χ3v) is 7.73. The molecule has 1 unspecified atom stereocenters. The summed E-state index contributed by atoms with van der Waals surface area (Å²) in [6, 6.07) is 6.42. The van der Waals surface area contributed by atoms with Crippen LogP contribution in [0.3, 0.4) is 0 Å². The van der Waals surface area contributed by atoms with Crippen molar-refractivity contribution in [2.24, 2.45) is 11.8 Å². The Bertz CT molecular complexity index is 799. The maximum Gasteiger partial charge on any atom is 0.253 e. The van der Waals surface area contributed by atoms with Crippen LogP contribution in [0.15, 0.2) is 41.8 Å². The Balaban J connectivity index is 1.58. The average Bonchev–Trinajstić information content (AvgIpc) is 2.74. The molecule has 0 bridgehead atoms. The molecule has 2 saturated heterocycles. The van der Waals surface area contributed by atoms with E-state index in [-0.39, 0.29) is 10.8 Å². The Hall–Kier alpha value is -1.70. The van der Waals surface area contributed by atoms with Crippen LogP contribution in [0.5, 0.6) is 0 Å². The van der Waals surface area contributed by atoms with Gasteiger partial charge in [0.1, 0.15) is 0 Å². The van der Waals surface area contributed by atoms with E-state index in [2.05, 4.69) is 13.5 Å². The van der Waals surface area contributed by atoms with Crippen LogP contribution in [0.2, 0.25) is 0 Å². The van der Waals surface area contributed by atoms with Crippen LogP contribution in [0.4, 0.5) is 0 Å². The number of amides is 1. The minimum Gasteiger partial charge on any atom is -0.377 e. The highest BCUT2D eigenvalue weighted by atomic mass is 32.2. The standard InChI is InChI=1S/C22H32N2O4S/c1-3-15-28-17-19-10-13-23(14-11-19)22(25)20-6-8-21(9-7-20)29(26,27)24-12-4-5-18(2)16-24/h3,6-9,18-19H,1,4-5,10-17H2,2H3. The first kappa shape index (κ1) is 22.0. The topological polar surface area (TPSA) is 66.9 Å². The van der Waals surface area contributed by atoms with E-state index >= 15 is 0 Å². The minimum absolute atomic E-state index is 0.0361. The van der Waals surface area contributed by atoms with Crippen molar-refractivity contribution >= 4 is 15.9 Å². The molecule has 7 heteroatoms. The van der Waals surface area contributed by atoms with Crippen molar-refractivity contribution in [1.29, 1.82) is 0 Å². The number of sulfonamides is 1. The Morgan fingerprint density at radius 3 is 2.48 bits per heavy atom. The van der Waals surface area contributed by atoms with E-state index in [1.807, 2.05) is 4.90 Å². The van der Waals surface area contributed by atoms with Crippen molar-refractivity contribution in [3.05, 3.63) is 42.5 Å². The van der Waals surface area contributed by atoms with E-state index in [1.54, 1.807) is 34.6 Å². The summed E-state index contributed by atoms with van der Waals surface area (Å²) in [5, 5.41) is 0. The number of likely N-dealkylation sites (tertiary alicyclic amines) is 1. The highest BCUT2D eigenvalue weighted by molar-refractivity contribution is 7.89. The van der Waals surface area contributed by atoms with Crippen LogP contribution in [0, 0.1) is 11.8 Å². The molecule has 0 aromatic heterocycles. The first-order valence-corrected chi connectivity index (χ1v) is 11.9. The fourth-order valence-electron chi connectivity index (χ4n) is 4.09. The zero-order valence-corrected chi connectivity index (χ0v) is 18.1. The summed E-state index contributed by atoms with van der Waals surface area (Å²) in [6.45, 7) is 9.53. The smallest absolute Gasteiger partial charge is 0.253 e. The van der Waals surface area contributed by atoms with Crippen LogP contribution in [-0.2, 0) is 14.8 Å². The fourth-order valence-corrected chi connectivity index (χ4v) is 5.68. The van der Waals surface area contributed by atoms with Gasteiger partial charge in [0.25, 0.3) is 5.91 Å². The van der Waals surface area contributed by atoms with Gasteiger partial charge in [-0.15, -0.1) is 6.58 Å². The number of ether oxygens (including phenoxy) is 1. The molecule has 1 aromatic carbocycles. The van der Waals surface area contributed by atoms with E-state index in [0.717, 1.165) is 25.7 Å². The maximum atomic E-state index is 12.9. The lowest BCUT2D eigenvalue weighted by atomic mass is 9.97. The molecule has 0 radical (unpaired) electrons. The summed E-state index contributed by atoms with van der Waals surface area (Å²) in [6.07, 6.45) is 5.54. The maximum absolute atomic E-state index is 12.9. The van der Waals surface area contributed by atoms with Gasteiger partial charge >= 0.3 is 0 Å². The van der Waals surface area contributed by atoms with Crippen LogP contribution < -0.4 is 0 Å². The monoisotopic (exact) mass is 420 g/mol. The number of nitrogens with zero attached hydrogens (tertiary/aromatic N) is 2. The Labute approximate surface area is 174 Å². The zero-order valence-electron chi connectivity index (χ0n) is 17.3. The summed E-state index contributed by atoms with van der Waals surface area (Å²) in [5.74, 6) is 0.814.